The van der Waals surface area contributed by atoms with E-state index in [2.05, 4.69) is 0 Å². The van der Waals surface area contributed by atoms with E-state index < -0.39 is 9.84 Å². The number of sulfone groups is 1. The number of halogens is 2. The van der Waals surface area contributed by atoms with Gasteiger partial charge in [-0.2, -0.15) is 0 Å². The van der Waals surface area contributed by atoms with Crippen molar-refractivity contribution in [1.82, 2.24) is 4.98 Å². The zero-order chi connectivity index (χ0) is 21.3. The minimum atomic E-state index is -3.30. The van der Waals surface area contributed by atoms with Crippen LogP contribution in [0.3, 0.4) is 0 Å². The van der Waals surface area contributed by atoms with Crippen molar-refractivity contribution >= 4 is 32.9 Å². The number of benzene rings is 3. The van der Waals surface area contributed by atoms with Crippen LogP contribution in [-0.4, -0.2) is 19.7 Å². The van der Waals surface area contributed by atoms with Gasteiger partial charge < -0.3 is 0 Å². The van der Waals surface area contributed by atoms with Crippen molar-refractivity contribution in [1.29, 1.82) is 0 Å². The first kappa shape index (κ1) is 20.7. The highest BCUT2D eigenvalue weighted by Crippen LogP contribution is 2.42. The van der Waals surface area contributed by atoms with Crippen LogP contribution < -0.4 is 0 Å². The van der Waals surface area contributed by atoms with Crippen LogP contribution in [0.2, 0.25) is 0 Å². The molecule has 0 spiro atoms. The molecule has 0 aliphatic rings. The molecule has 0 fully saturated rings. The summed E-state index contributed by atoms with van der Waals surface area (Å²) in [5.74, 6) is -0.639. The molecule has 1 heterocycles. The minimum absolute atomic E-state index is 0.228. The molecule has 0 saturated carbocycles. The Morgan fingerprint density at radius 1 is 0.800 bits per heavy atom. The number of hydrogen-bond acceptors (Lipinski definition) is 5. The maximum atomic E-state index is 13.4. The summed E-state index contributed by atoms with van der Waals surface area (Å²) in [5, 5.41) is 0. The monoisotopic (exact) mass is 459 g/mol. The van der Waals surface area contributed by atoms with Crippen LogP contribution >= 0.6 is 23.1 Å². The lowest BCUT2D eigenvalue weighted by atomic mass is 10.1. The molecule has 152 valence electrons. The van der Waals surface area contributed by atoms with Gasteiger partial charge in [0.15, 0.2) is 14.2 Å². The van der Waals surface area contributed by atoms with Gasteiger partial charge in [0.05, 0.1) is 15.5 Å². The number of nitrogens with zero attached hydrogens (tertiary/aromatic N) is 1. The van der Waals surface area contributed by atoms with Gasteiger partial charge in [0.1, 0.15) is 11.6 Å². The van der Waals surface area contributed by atoms with E-state index in [1.165, 1.54) is 47.4 Å². The number of thiazole rings is 1. The van der Waals surface area contributed by atoms with E-state index in [9.17, 15) is 17.2 Å². The summed E-state index contributed by atoms with van der Waals surface area (Å²) in [4.78, 5) is 6.64. The average Bonchev–Trinajstić information content (AvgIpc) is 3.13. The topological polar surface area (TPSA) is 47.0 Å². The summed E-state index contributed by atoms with van der Waals surface area (Å²) in [7, 11) is -3.30. The van der Waals surface area contributed by atoms with Gasteiger partial charge in [-0.05, 0) is 54.1 Å². The third kappa shape index (κ3) is 4.61. The third-order valence-electron chi connectivity index (χ3n) is 4.29. The predicted octanol–water partition coefficient (Wildman–Crippen LogP) is 6.31. The summed E-state index contributed by atoms with van der Waals surface area (Å²) >= 11 is 2.84. The average molecular weight is 460 g/mol. The Hall–Kier alpha value is -2.55. The van der Waals surface area contributed by atoms with Crippen LogP contribution in [0.25, 0.3) is 21.7 Å². The van der Waals surface area contributed by atoms with Crippen LogP contribution in [0.1, 0.15) is 0 Å². The van der Waals surface area contributed by atoms with Crippen molar-refractivity contribution in [2.45, 2.75) is 14.1 Å². The van der Waals surface area contributed by atoms with Gasteiger partial charge in [-0.3, -0.25) is 0 Å². The lowest BCUT2D eigenvalue weighted by Gasteiger charge is -2.04. The number of aromatic nitrogens is 1. The molecule has 0 amide bonds. The molecule has 0 bridgehead atoms. The fraction of sp³-hybridized carbons (Fsp3) is 0.0455. The maximum absolute atomic E-state index is 13.4. The zero-order valence-electron chi connectivity index (χ0n) is 15.7. The summed E-state index contributed by atoms with van der Waals surface area (Å²) < 4.78 is 50.8. The highest BCUT2D eigenvalue weighted by atomic mass is 32.2. The number of rotatable bonds is 5. The van der Waals surface area contributed by atoms with Gasteiger partial charge in [0.25, 0.3) is 0 Å². The molecule has 1 aromatic heterocycles. The Labute approximate surface area is 181 Å². The second-order valence-electron chi connectivity index (χ2n) is 6.52. The Balaban J connectivity index is 1.78. The largest absolute Gasteiger partial charge is 0.229 e. The van der Waals surface area contributed by atoms with Gasteiger partial charge in [-0.1, -0.05) is 36.0 Å². The van der Waals surface area contributed by atoms with Crippen molar-refractivity contribution in [3.63, 3.8) is 0 Å². The standard InChI is InChI=1S/C22H15F2NO2S3/c1-30(26,27)19-12-4-14(5-13-19)20-21(15-2-6-16(23)7-3-15)29-22(25-20)28-18-10-8-17(24)9-11-18/h2-13H,1H3. The molecule has 0 aliphatic heterocycles. The Kier molecular flexibility index (Phi) is 5.73. The van der Waals surface area contributed by atoms with Crippen molar-refractivity contribution in [2.75, 3.05) is 6.26 Å². The van der Waals surface area contributed by atoms with Crippen molar-refractivity contribution in [3.8, 4) is 21.7 Å². The Morgan fingerprint density at radius 3 is 1.90 bits per heavy atom. The van der Waals surface area contributed by atoms with Gasteiger partial charge in [-0.15, -0.1) is 11.3 Å². The number of hydrogen-bond donors (Lipinski definition) is 0. The van der Waals surface area contributed by atoms with Crippen LogP contribution in [0.15, 0.2) is 86.9 Å². The van der Waals surface area contributed by atoms with Crippen molar-refractivity contribution in [3.05, 3.63) is 84.4 Å². The molecule has 0 saturated heterocycles. The maximum Gasteiger partial charge on any atom is 0.175 e. The molecule has 3 aromatic carbocycles. The van der Waals surface area contributed by atoms with Crippen LogP contribution in [0.4, 0.5) is 8.78 Å². The van der Waals surface area contributed by atoms with E-state index in [4.69, 9.17) is 4.98 Å². The molecule has 0 atom stereocenters. The second-order valence-corrected chi connectivity index (χ2v) is 10.9. The summed E-state index contributed by atoms with van der Waals surface area (Å²) in [5.41, 5.74) is 2.24. The molecule has 4 rings (SSSR count). The molecule has 8 heteroatoms. The van der Waals surface area contributed by atoms with Crippen molar-refractivity contribution in [2.24, 2.45) is 0 Å². The SMILES string of the molecule is CS(=O)(=O)c1ccc(-c2nc(Sc3ccc(F)cc3)sc2-c2ccc(F)cc2)cc1. The summed E-state index contributed by atoms with van der Waals surface area (Å²) in [6.45, 7) is 0. The van der Waals surface area contributed by atoms with Gasteiger partial charge in [0.2, 0.25) is 0 Å². The molecule has 0 unspecified atom stereocenters. The summed E-state index contributed by atoms with van der Waals surface area (Å²) in [6, 6.07) is 18.8. The lowest BCUT2D eigenvalue weighted by Crippen LogP contribution is -1.96. The smallest absolute Gasteiger partial charge is 0.175 e. The Bertz CT molecular complexity index is 1280. The van der Waals surface area contributed by atoms with Gasteiger partial charge >= 0.3 is 0 Å². The predicted molar refractivity (Wildman–Crippen MR) is 117 cm³/mol. The Morgan fingerprint density at radius 2 is 1.33 bits per heavy atom. The van der Waals surface area contributed by atoms with Gasteiger partial charge in [-0.25, -0.2) is 22.2 Å². The molecule has 0 aliphatic carbocycles. The highest BCUT2D eigenvalue weighted by molar-refractivity contribution is 8.01. The zero-order valence-corrected chi connectivity index (χ0v) is 18.1. The first-order chi connectivity index (χ1) is 14.3. The molecule has 4 aromatic rings. The molecule has 30 heavy (non-hydrogen) atoms. The fourth-order valence-corrected chi connectivity index (χ4v) is 5.57. The van der Waals surface area contributed by atoms with Crippen molar-refractivity contribution < 1.29 is 17.2 Å². The van der Waals surface area contributed by atoms with Crippen LogP contribution in [-0.2, 0) is 9.84 Å². The van der Waals surface area contributed by atoms with Crippen LogP contribution in [0, 0.1) is 11.6 Å². The molecule has 3 nitrogen and oxygen atoms in total. The lowest BCUT2D eigenvalue weighted by molar-refractivity contribution is 0.602. The molecular formula is C22H15F2NO2S3. The second kappa shape index (κ2) is 8.29. The van der Waals surface area contributed by atoms with E-state index >= 15 is 0 Å². The van der Waals surface area contributed by atoms with Crippen LogP contribution in [0.5, 0.6) is 0 Å². The summed E-state index contributed by atoms with van der Waals surface area (Å²) in [6.07, 6.45) is 1.16. The molecule has 0 N–H and O–H groups in total. The molecular weight excluding hydrogens is 444 g/mol. The third-order valence-corrected chi connectivity index (χ3v) is 7.59. The van der Waals surface area contributed by atoms with E-state index in [0.29, 0.717) is 5.69 Å². The quantitative estimate of drug-likeness (QED) is 0.351. The normalized spacial score (nSPS) is 11.6. The minimum Gasteiger partial charge on any atom is -0.229 e. The van der Waals surface area contributed by atoms with E-state index in [-0.39, 0.29) is 16.5 Å². The first-order valence-electron chi connectivity index (χ1n) is 8.80. The fourth-order valence-electron chi connectivity index (χ4n) is 2.80. The highest BCUT2D eigenvalue weighted by Gasteiger charge is 2.17. The van der Waals surface area contributed by atoms with E-state index in [1.807, 2.05) is 0 Å². The molecule has 0 radical (unpaired) electrons. The van der Waals surface area contributed by atoms with E-state index in [1.54, 1.807) is 48.5 Å². The van der Waals surface area contributed by atoms with E-state index in [0.717, 1.165) is 31.5 Å². The first-order valence-corrected chi connectivity index (χ1v) is 12.3. The van der Waals surface area contributed by atoms with Gasteiger partial charge in [0, 0.05) is 16.7 Å².